The largest absolute Gasteiger partial charge is 0.493 e. The van der Waals surface area contributed by atoms with Crippen LogP contribution in [0.15, 0.2) is 12.1 Å². The minimum Gasteiger partial charge on any atom is -0.493 e. The maximum absolute atomic E-state index is 5.25. The van der Waals surface area contributed by atoms with Crippen LogP contribution in [0.2, 0.25) is 0 Å². The van der Waals surface area contributed by atoms with E-state index in [0.717, 1.165) is 24.5 Å². The van der Waals surface area contributed by atoms with Gasteiger partial charge in [-0.3, -0.25) is 0 Å². The van der Waals surface area contributed by atoms with Crippen molar-refractivity contribution in [2.75, 3.05) is 26.1 Å². The van der Waals surface area contributed by atoms with Gasteiger partial charge in [0.2, 0.25) is 0 Å². The maximum atomic E-state index is 5.25. The van der Waals surface area contributed by atoms with Crippen molar-refractivity contribution in [2.45, 2.75) is 12.8 Å². The lowest BCUT2D eigenvalue weighted by Crippen LogP contribution is -2.11. The highest BCUT2D eigenvalue weighted by molar-refractivity contribution is 5.61. The fraction of sp³-hybridized carbons (Fsp3) is 0.455. The molecule has 1 heterocycles. The van der Waals surface area contributed by atoms with Crippen LogP contribution in [0.1, 0.15) is 12.0 Å². The highest BCUT2D eigenvalue weighted by Crippen LogP contribution is 2.35. The molecular formula is C11H15NO2. The summed E-state index contributed by atoms with van der Waals surface area (Å²) in [6.45, 7) is 1.04. The summed E-state index contributed by atoms with van der Waals surface area (Å²) in [6, 6.07) is 4.06. The molecule has 0 atom stereocenters. The summed E-state index contributed by atoms with van der Waals surface area (Å²) in [5.74, 6) is 1.61. The minimum atomic E-state index is 0.792. The molecule has 0 spiro atoms. The molecule has 0 aromatic heterocycles. The molecule has 0 fully saturated rings. The maximum Gasteiger partial charge on any atom is 0.162 e. The molecule has 1 aromatic carbocycles. The van der Waals surface area contributed by atoms with E-state index in [-0.39, 0.29) is 0 Å². The Bertz CT molecular complexity index is 292. The lowest BCUT2D eigenvalue weighted by molar-refractivity contribution is 0.354. The highest BCUT2D eigenvalue weighted by atomic mass is 16.5. The van der Waals surface area contributed by atoms with Gasteiger partial charge < -0.3 is 14.8 Å². The number of anilines is 1. The Morgan fingerprint density at radius 2 is 1.86 bits per heavy atom. The van der Waals surface area contributed by atoms with Gasteiger partial charge in [0.05, 0.1) is 14.2 Å². The molecule has 14 heavy (non-hydrogen) atoms. The topological polar surface area (TPSA) is 30.5 Å². The smallest absolute Gasteiger partial charge is 0.162 e. The van der Waals surface area contributed by atoms with Gasteiger partial charge in [-0.15, -0.1) is 0 Å². The average molecular weight is 193 g/mol. The molecule has 1 N–H and O–H groups in total. The van der Waals surface area contributed by atoms with Crippen LogP contribution in [0.5, 0.6) is 11.5 Å². The standard InChI is InChI=1S/C11H15NO2/c1-13-10-6-8-4-3-5-12-9(8)7-11(10)14-2/h6-7,12H,3-5H2,1-2H3. The van der Waals surface area contributed by atoms with E-state index in [1.807, 2.05) is 6.07 Å². The summed E-state index contributed by atoms with van der Waals surface area (Å²) in [5, 5.41) is 3.35. The van der Waals surface area contributed by atoms with Gasteiger partial charge in [0, 0.05) is 18.3 Å². The number of nitrogens with one attached hydrogen (secondary N) is 1. The number of ether oxygens (including phenoxy) is 2. The third-order valence-electron chi connectivity index (χ3n) is 2.55. The van der Waals surface area contributed by atoms with Gasteiger partial charge in [0.25, 0.3) is 0 Å². The fourth-order valence-corrected chi connectivity index (χ4v) is 1.79. The number of rotatable bonds is 2. The zero-order valence-electron chi connectivity index (χ0n) is 8.59. The van der Waals surface area contributed by atoms with E-state index >= 15 is 0 Å². The molecule has 0 saturated carbocycles. The summed E-state index contributed by atoms with van der Waals surface area (Å²) in [4.78, 5) is 0. The lowest BCUT2D eigenvalue weighted by atomic mass is 10.0. The van der Waals surface area contributed by atoms with E-state index in [9.17, 15) is 0 Å². The number of methoxy groups -OCH3 is 2. The van der Waals surface area contributed by atoms with E-state index in [1.54, 1.807) is 14.2 Å². The molecule has 1 aromatic rings. The molecule has 1 aliphatic heterocycles. The first kappa shape index (κ1) is 9.19. The monoisotopic (exact) mass is 193 g/mol. The minimum absolute atomic E-state index is 0.792. The van der Waals surface area contributed by atoms with Crippen LogP contribution in [-0.2, 0) is 6.42 Å². The predicted molar refractivity (Wildman–Crippen MR) is 56.4 cm³/mol. The van der Waals surface area contributed by atoms with Gasteiger partial charge in [0.1, 0.15) is 0 Å². The first-order chi connectivity index (χ1) is 6.85. The second-order valence-electron chi connectivity index (χ2n) is 3.39. The lowest BCUT2D eigenvalue weighted by Gasteiger charge is -2.20. The van der Waals surface area contributed by atoms with Crippen molar-refractivity contribution in [1.29, 1.82) is 0 Å². The first-order valence-electron chi connectivity index (χ1n) is 4.84. The fourth-order valence-electron chi connectivity index (χ4n) is 1.79. The number of hydrogen-bond donors (Lipinski definition) is 1. The van der Waals surface area contributed by atoms with Gasteiger partial charge in [-0.1, -0.05) is 0 Å². The second kappa shape index (κ2) is 3.78. The van der Waals surface area contributed by atoms with Crippen molar-refractivity contribution < 1.29 is 9.47 Å². The summed E-state index contributed by atoms with van der Waals surface area (Å²) >= 11 is 0. The molecule has 0 bridgehead atoms. The Labute approximate surface area is 84.0 Å². The Kier molecular flexibility index (Phi) is 2.48. The Balaban J connectivity index is 2.43. The molecule has 0 saturated heterocycles. The van der Waals surface area contributed by atoms with Gasteiger partial charge >= 0.3 is 0 Å². The number of benzene rings is 1. The molecule has 3 nitrogen and oxygen atoms in total. The van der Waals surface area contributed by atoms with Crippen molar-refractivity contribution in [3.8, 4) is 11.5 Å². The molecular weight excluding hydrogens is 178 g/mol. The molecule has 2 rings (SSSR count). The zero-order valence-corrected chi connectivity index (χ0v) is 8.59. The Morgan fingerprint density at radius 1 is 1.14 bits per heavy atom. The number of aryl methyl sites for hydroxylation is 1. The van der Waals surface area contributed by atoms with Gasteiger partial charge in [-0.05, 0) is 24.5 Å². The normalized spacial score (nSPS) is 14.1. The summed E-state index contributed by atoms with van der Waals surface area (Å²) < 4.78 is 10.5. The summed E-state index contributed by atoms with van der Waals surface area (Å²) in [6.07, 6.45) is 2.30. The van der Waals surface area contributed by atoms with Crippen molar-refractivity contribution in [1.82, 2.24) is 0 Å². The summed E-state index contributed by atoms with van der Waals surface area (Å²) in [7, 11) is 3.33. The van der Waals surface area contributed by atoms with Gasteiger partial charge in [-0.25, -0.2) is 0 Å². The van der Waals surface area contributed by atoms with Crippen LogP contribution < -0.4 is 14.8 Å². The van der Waals surface area contributed by atoms with Crippen LogP contribution in [0.25, 0.3) is 0 Å². The quantitative estimate of drug-likeness (QED) is 0.779. The third kappa shape index (κ3) is 1.50. The zero-order chi connectivity index (χ0) is 9.97. The average Bonchev–Trinajstić information content (AvgIpc) is 2.27. The second-order valence-corrected chi connectivity index (χ2v) is 3.39. The van der Waals surface area contributed by atoms with Crippen molar-refractivity contribution >= 4 is 5.69 Å². The molecule has 0 radical (unpaired) electrons. The first-order valence-corrected chi connectivity index (χ1v) is 4.84. The summed E-state index contributed by atoms with van der Waals surface area (Å²) in [5.41, 5.74) is 2.49. The van der Waals surface area contributed by atoms with E-state index < -0.39 is 0 Å². The highest BCUT2D eigenvalue weighted by Gasteiger charge is 2.13. The molecule has 0 unspecified atom stereocenters. The van der Waals surface area contributed by atoms with E-state index in [1.165, 1.54) is 17.7 Å². The Hall–Kier alpha value is -1.38. The number of fused-ring (bicyclic) bond motifs is 1. The van der Waals surface area contributed by atoms with Crippen LogP contribution in [0.3, 0.4) is 0 Å². The van der Waals surface area contributed by atoms with E-state index in [4.69, 9.17) is 9.47 Å². The third-order valence-corrected chi connectivity index (χ3v) is 2.55. The number of hydrogen-bond acceptors (Lipinski definition) is 3. The molecule has 0 aliphatic carbocycles. The van der Waals surface area contributed by atoms with E-state index in [0.29, 0.717) is 0 Å². The SMILES string of the molecule is COc1cc2c(cc1OC)NCCC2. The van der Waals surface area contributed by atoms with Crippen molar-refractivity contribution in [3.05, 3.63) is 17.7 Å². The molecule has 3 heteroatoms. The predicted octanol–water partition coefficient (Wildman–Crippen LogP) is 2.06. The Morgan fingerprint density at radius 3 is 2.57 bits per heavy atom. The molecule has 1 aliphatic rings. The van der Waals surface area contributed by atoms with Crippen LogP contribution in [-0.4, -0.2) is 20.8 Å². The van der Waals surface area contributed by atoms with Gasteiger partial charge in [-0.2, -0.15) is 0 Å². The van der Waals surface area contributed by atoms with E-state index in [2.05, 4.69) is 11.4 Å². The van der Waals surface area contributed by atoms with Crippen LogP contribution >= 0.6 is 0 Å². The van der Waals surface area contributed by atoms with Crippen molar-refractivity contribution in [3.63, 3.8) is 0 Å². The van der Waals surface area contributed by atoms with Gasteiger partial charge in [0.15, 0.2) is 11.5 Å². The molecule has 76 valence electrons. The van der Waals surface area contributed by atoms with Crippen LogP contribution in [0, 0.1) is 0 Å². The van der Waals surface area contributed by atoms with Crippen LogP contribution in [0.4, 0.5) is 5.69 Å². The van der Waals surface area contributed by atoms with Crippen molar-refractivity contribution in [2.24, 2.45) is 0 Å². The molecule has 0 amide bonds.